The summed E-state index contributed by atoms with van der Waals surface area (Å²) in [4.78, 5) is 4.70. The van der Waals surface area contributed by atoms with Gasteiger partial charge in [0.05, 0.1) is 30.8 Å². The Labute approximate surface area is 171 Å². The first-order valence-corrected chi connectivity index (χ1v) is 10.9. The lowest BCUT2D eigenvalue weighted by Gasteiger charge is -2.33. The zero-order valence-corrected chi connectivity index (χ0v) is 17.7. The molecule has 0 radical (unpaired) electrons. The number of nitrogens with one attached hydrogen (secondary N) is 4. The third-order valence-electron chi connectivity index (χ3n) is 5.03. The first-order valence-electron chi connectivity index (χ1n) is 9.63. The number of para-hydroxylation sites is 2. The van der Waals surface area contributed by atoms with E-state index in [0.29, 0.717) is 17.8 Å². The normalized spacial score (nSPS) is 20.7. The quantitative estimate of drug-likeness (QED) is 0.508. The lowest BCUT2D eigenvalue weighted by Crippen LogP contribution is -3.27. The minimum Gasteiger partial charge on any atom is -0.492 e. The third kappa shape index (κ3) is 5.65. The maximum Gasteiger partial charge on any atom is 0.171 e. The Kier molecular flexibility index (Phi) is 7.46. The summed E-state index contributed by atoms with van der Waals surface area (Å²) >= 11 is 7.40. The molecule has 0 saturated carbocycles. The second kappa shape index (κ2) is 10.0. The fraction of sp³-hybridized carbons (Fsp3) is 0.450. The molecule has 27 heavy (non-hydrogen) atoms. The zero-order valence-electron chi connectivity index (χ0n) is 16.1. The van der Waals surface area contributed by atoms with Gasteiger partial charge in [0.15, 0.2) is 5.11 Å². The molecule has 1 aromatic carbocycles. The van der Waals surface area contributed by atoms with E-state index in [1.165, 1.54) is 31.1 Å². The van der Waals surface area contributed by atoms with Crippen LogP contribution < -0.4 is 25.2 Å². The number of thiocarbonyl (C=S) groups is 1. The number of rotatable bonds is 7. The molecule has 1 aliphatic rings. The number of quaternary nitrogens is 2. The summed E-state index contributed by atoms with van der Waals surface area (Å²) in [5, 5.41) is 9.54. The lowest BCUT2D eigenvalue weighted by molar-refractivity contribution is -1.02. The lowest BCUT2D eigenvalue weighted by atomic mass is 10.1. The van der Waals surface area contributed by atoms with Gasteiger partial charge >= 0.3 is 0 Å². The third-order valence-corrected chi connectivity index (χ3v) is 6.26. The van der Waals surface area contributed by atoms with Crippen LogP contribution in [0.1, 0.15) is 17.8 Å². The van der Waals surface area contributed by atoms with Crippen molar-refractivity contribution in [2.45, 2.75) is 13.0 Å². The Morgan fingerprint density at radius 1 is 1.19 bits per heavy atom. The van der Waals surface area contributed by atoms with Crippen LogP contribution in [0.3, 0.4) is 0 Å². The SMILES string of the molecule is CCOc1ccccc1NC(=S)NC[C@H](c1cccs1)[NH+]1CC[NH+](C)CC1. The van der Waals surface area contributed by atoms with Gasteiger partial charge in [-0.05, 0) is 42.7 Å². The van der Waals surface area contributed by atoms with Gasteiger partial charge in [0.1, 0.15) is 38.0 Å². The Morgan fingerprint density at radius 2 is 1.96 bits per heavy atom. The van der Waals surface area contributed by atoms with Crippen LogP contribution in [0.25, 0.3) is 0 Å². The molecule has 0 aliphatic carbocycles. The minimum atomic E-state index is 0.431. The molecule has 7 heteroatoms. The van der Waals surface area contributed by atoms with Gasteiger partial charge in [0.2, 0.25) is 0 Å². The molecule has 3 rings (SSSR count). The standard InChI is InChI=1S/C20H28N4OS2/c1-3-25-18-8-5-4-7-16(18)22-20(26)21-15-17(19-9-6-14-27-19)24-12-10-23(2)11-13-24/h4-9,14,17H,3,10-13,15H2,1-2H3,(H2,21,22,26)/p+2/t17-/m1/s1. The molecule has 0 spiro atoms. The maximum atomic E-state index is 5.67. The summed E-state index contributed by atoms with van der Waals surface area (Å²) in [7, 11) is 2.28. The van der Waals surface area contributed by atoms with Crippen LogP contribution >= 0.6 is 23.6 Å². The number of hydrogen-bond acceptors (Lipinski definition) is 3. The maximum absolute atomic E-state index is 5.67. The molecule has 2 aromatic rings. The van der Waals surface area contributed by atoms with E-state index in [4.69, 9.17) is 17.0 Å². The van der Waals surface area contributed by atoms with Crippen molar-refractivity contribution in [2.24, 2.45) is 0 Å². The fourth-order valence-corrected chi connectivity index (χ4v) is 4.57. The fourth-order valence-electron chi connectivity index (χ4n) is 3.49. The first kappa shape index (κ1) is 20.1. The van der Waals surface area contributed by atoms with Crippen molar-refractivity contribution in [2.75, 3.05) is 51.7 Å². The zero-order chi connectivity index (χ0) is 19.1. The van der Waals surface area contributed by atoms with E-state index in [1.54, 1.807) is 9.80 Å². The second-order valence-corrected chi connectivity index (χ2v) is 8.34. The van der Waals surface area contributed by atoms with Crippen molar-refractivity contribution < 1.29 is 14.5 Å². The minimum absolute atomic E-state index is 0.431. The summed E-state index contributed by atoms with van der Waals surface area (Å²) in [5.74, 6) is 0.826. The number of piperazine rings is 1. The molecule has 4 N–H and O–H groups in total. The summed E-state index contributed by atoms with van der Waals surface area (Å²) in [6.45, 7) is 8.29. The summed E-state index contributed by atoms with van der Waals surface area (Å²) in [6, 6.07) is 12.7. The molecule has 2 heterocycles. The molecule has 1 atom stereocenters. The van der Waals surface area contributed by atoms with Gasteiger partial charge in [-0.3, -0.25) is 0 Å². The van der Waals surface area contributed by atoms with Crippen LogP contribution in [0.15, 0.2) is 41.8 Å². The number of hydrogen-bond donors (Lipinski definition) is 4. The van der Waals surface area contributed by atoms with E-state index in [2.05, 4.69) is 35.2 Å². The van der Waals surface area contributed by atoms with Gasteiger partial charge in [-0.15, -0.1) is 11.3 Å². The van der Waals surface area contributed by atoms with Crippen LogP contribution in [0.5, 0.6) is 5.75 Å². The average molecular weight is 407 g/mol. The van der Waals surface area contributed by atoms with Crippen molar-refractivity contribution in [3.05, 3.63) is 46.7 Å². The number of likely N-dealkylation sites (N-methyl/N-ethyl adjacent to an activating group) is 1. The van der Waals surface area contributed by atoms with Gasteiger partial charge in [0, 0.05) is 0 Å². The largest absolute Gasteiger partial charge is 0.492 e. The number of anilines is 1. The number of benzene rings is 1. The highest BCUT2D eigenvalue weighted by atomic mass is 32.1. The molecule has 5 nitrogen and oxygen atoms in total. The summed E-state index contributed by atoms with van der Waals surface area (Å²) in [5.41, 5.74) is 0.903. The first-order chi connectivity index (χ1) is 13.2. The average Bonchev–Trinajstić information content (AvgIpc) is 3.19. The Hall–Kier alpha value is -1.67. The Bertz CT molecular complexity index is 715. The van der Waals surface area contributed by atoms with E-state index in [1.807, 2.05) is 42.5 Å². The van der Waals surface area contributed by atoms with Crippen molar-refractivity contribution >= 4 is 34.4 Å². The van der Waals surface area contributed by atoms with E-state index in [9.17, 15) is 0 Å². The van der Waals surface area contributed by atoms with E-state index >= 15 is 0 Å². The van der Waals surface area contributed by atoms with Crippen molar-refractivity contribution in [1.29, 1.82) is 0 Å². The molecule has 146 valence electrons. The van der Waals surface area contributed by atoms with E-state index < -0.39 is 0 Å². The van der Waals surface area contributed by atoms with E-state index in [-0.39, 0.29) is 0 Å². The van der Waals surface area contributed by atoms with Crippen LogP contribution in [0.2, 0.25) is 0 Å². The number of thiophene rings is 1. The summed E-state index contributed by atoms with van der Waals surface area (Å²) in [6.07, 6.45) is 0. The molecule has 1 aliphatic heterocycles. The Morgan fingerprint density at radius 3 is 2.67 bits per heavy atom. The van der Waals surface area contributed by atoms with Crippen molar-refractivity contribution in [1.82, 2.24) is 5.32 Å². The highest BCUT2D eigenvalue weighted by molar-refractivity contribution is 7.80. The molecule has 1 saturated heterocycles. The van der Waals surface area contributed by atoms with Gasteiger partial charge in [0.25, 0.3) is 0 Å². The molecular weight excluding hydrogens is 376 g/mol. The predicted octanol–water partition coefficient (Wildman–Crippen LogP) is 0.588. The van der Waals surface area contributed by atoms with Crippen LogP contribution in [0, 0.1) is 0 Å². The molecule has 1 fully saturated rings. The van der Waals surface area contributed by atoms with Crippen LogP contribution in [-0.4, -0.2) is 51.5 Å². The van der Waals surface area contributed by atoms with Crippen molar-refractivity contribution in [3.8, 4) is 5.75 Å². The van der Waals surface area contributed by atoms with Crippen molar-refractivity contribution in [3.63, 3.8) is 0 Å². The van der Waals surface area contributed by atoms with Crippen LogP contribution in [0.4, 0.5) is 5.69 Å². The highest BCUT2D eigenvalue weighted by Crippen LogP contribution is 2.23. The topological polar surface area (TPSA) is 42.2 Å². The molecule has 0 amide bonds. The molecular formula is C20H30N4OS2+2. The predicted molar refractivity (Wildman–Crippen MR) is 116 cm³/mol. The molecule has 0 bridgehead atoms. The monoisotopic (exact) mass is 406 g/mol. The Balaban J connectivity index is 1.61. The van der Waals surface area contributed by atoms with Crippen LogP contribution in [-0.2, 0) is 0 Å². The summed E-state index contributed by atoms with van der Waals surface area (Å²) < 4.78 is 5.67. The van der Waals surface area contributed by atoms with Gasteiger partial charge in [-0.1, -0.05) is 18.2 Å². The highest BCUT2D eigenvalue weighted by Gasteiger charge is 2.30. The number of ether oxygens (including phenoxy) is 1. The molecule has 0 unspecified atom stereocenters. The van der Waals surface area contributed by atoms with Gasteiger partial charge in [-0.2, -0.15) is 0 Å². The molecule has 1 aromatic heterocycles. The second-order valence-electron chi connectivity index (χ2n) is 6.95. The smallest absolute Gasteiger partial charge is 0.171 e. The van der Waals surface area contributed by atoms with E-state index in [0.717, 1.165) is 18.0 Å². The van der Waals surface area contributed by atoms with Gasteiger partial charge in [-0.25, -0.2) is 0 Å². The van der Waals surface area contributed by atoms with Gasteiger partial charge < -0.3 is 25.2 Å².